The summed E-state index contributed by atoms with van der Waals surface area (Å²) >= 11 is 7.20. The Labute approximate surface area is 225 Å². The lowest BCUT2D eigenvalue weighted by molar-refractivity contribution is -0.145. The average molecular weight is 548 g/mol. The zero-order valence-corrected chi connectivity index (χ0v) is 23.0. The molecule has 0 aliphatic carbocycles. The highest BCUT2D eigenvalue weighted by atomic mass is 35.5. The maximum atomic E-state index is 13.0. The van der Waals surface area contributed by atoms with Crippen LogP contribution in [-0.2, 0) is 14.3 Å². The lowest BCUT2D eigenvalue weighted by Gasteiger charge is -2.17. The van der Waals surface area contributed by atoms with Gasteiger partial charge in [0, 0.05) is 0 Å². The van der Waals surface area contributed by atoms with Gasteiger partial charge in [-0.25, -0.2) is 4.79 Å². The molecule has 2 aromatic carbocycles. The molecule has 2 amide bonds. The van der Waals surface area contributed by atoms with Crippen LogP contribution in [0.1, 0.15) is 43.4 Å². The number of aryl methyl sites for hydroxylation is 1. The minimum atomic E-state index is -0.537. The molecule has 0 N–H and O–H groups in total. The highest BCUT2D eigenvalue weighted by molar-refractivity contribution is 8.18. The first-order valence-corrected chi connectivity index (χ1v) is 13.0. The monoisotopic (exact) mass is 547 g/mol. The van der Waals surface area contributed by atoms with Gasteiger partial charge in [-0.3, -0.25) is 14.5 Å². The van der Waals surface area contributed by atoms with Gasteiger partial charge in [0.2, 0.25) is 0 Å². The van der Waals surface area contributed by atoms with Crippen LogP contribution in [0.25, 0.3) is 6.08 Å². The maximum Gasteiger partial charge on any atom is 0.344 e. The van der Waals surface area contributed by atoms with E-state index in [4.69, 9.17) is 30.5 Å². The van der Waals surface area contributed by atoms with Crippen molar-refractivity contribution < 1.29 is 33.3 Å². The Balaban J connectivity index is 1.70. The van der Waals surface area contributed by atoms with Crippen molar-refractivity contribution in [1.82, 2.24) is 4.90 Å². The zero-order chi connectivity index (χ0) is 27.1. The van der Waals surface area contributed by atoms with Crippen molar-refractivity contribution in [2.24, 2.45) is 0 Å². The SMILES string of the molecule is CCOC(=O)COc1c(Cl)cc(/C=C2\SC(=O)N(CCOc3cc(C)ccc3C(C)C)C2=O)cc1OC. The van der Waals surface area contributed by atoms with E-state index in [1.807, 2.05) is 25.1 Å². The summed E-state index contributed by atoms with van der Waals surface area (Å²) in [7, 11) is 1.43. The summed E-state index contributed by atoms with van der Waals surface area (Å²) < 4.78 is 21.6. The van der Waals surface area contributed by atoms with Crippen LogP contribution in [-0.4, -0.2) is 55.5 Å². The number of rotatable bonds is 11. The number of carbonyl (C=O) groups is 3. The number of thioether (sulfide) groups is 1. The number of carbonyl (C=O) groups excluding carboxylic acids is 3. The quantitative estimate of drug-likeness (QED) is 0.256. The van der Waals surface area contributed by atoms with E-state index in [2.05, 4.69) is 13.8 Å². The summed E-state index contributed by atoms with van der Waals surface area (Å²) in [6.07, 6.45) is 1.56. The largest absolute Gasteiger partial charge is 0.493 e. The third-order valence-corrected chi connectivity index (χ3v) is 6.61. The standard InChI is InChI=1S/C27H30ClNO7S/c1-6-34-24(30)15-36-25-20(28)12-18(13-22(25)33-5)14-23-26(31)29(27(32)37-23)9-10-35-21-11-17(4)7-8-19(21)16(2)3/h7-8,11-14,16H,6,9-10,15H2,1-5H3/b23-14-. The molecule has 3 rings (SSSR count). The van der Waals surface area contributed by atoms with Crippen LogP contribution in [0.4, 0.5) is 4.79 Å². The molecule has 0 spiro atoms. The number of hydrogen-bond acceptors (Lipinski definition) is 8. The lowest BCUT2D eigenvalue weighted by atomic mass is 10.0. The Hall–Kier alpha value is -3.17. The fraction of sp³-hybridized carbons (Fsp3) is 0.370. The highest BCUT2D eigenvalue weighted by Crippen LogP contribution is 2.39. The molecule has 1 aliphatic rings. The fourth-order valence-corrected chi connectivity index (χ4v) is 4.77. The molecule has 1 saturated heterocycles. The summed E-state index contributed by atoms with van der Waals surface area (Å²) in [4.78, 5) is 38.5. The van der Waals surface area contributed by atoms with Crippen molar-refractivity contribution in [3.05, 3.63) is 56.9 Å². The van der Waals surface area contributed by atoms with E-state index in [0.717, 1.165) is 33.5 Å². The molecular weight excluding hydrogens is 518 g/mol. The number of amides is 2. The Morgan fingerprint density at radius 2 is 1.89 bits per heavy atom. The minimum absolute atomic E-state index is 0.123. The Kier molecular flexibility index (Phi) is 9.88. The second-order valence-corrected chi connectivity index (χ2v) is 9.91. The second kappa shape index (κ2) is 12.9. The molecule has 0 atom stereocenters. The van der Waals surface area contributed by atoms with Gasteiger partial charge in [-0.05, 0) is 72.5 Å². The summed E-state index contributed by atoms with van der Waals surface area (Å²) in [5.74, 6) is 0.534. The molecule has 0 unspecified atom stereocenters. The van der Waals surface area contributed by atoms with Gasteiger partial charge in [0.25, 0.3) is 11.1 Å². The van der Waals surface area contributed by atoms with E-state index in [9.17, 15) is 14.4 Å². The first-order valence-electron chi connectivity index (χ1n) is 11.8. The fourth-order valence-electron chi connectivity index (χ4n) is 3.63. The van der Waals surface area contributed by atoms with Gasteiger partial charge in [-0.2, -0.15) is 0 Å². The van der Waals surface area contributed by atoms with E-state index in [1.165, 1.54) is 7.11 Å². The Bertz CT molecular complexity index is 1210. The van der Waals surface area contributed by atoms with Crippen molar-refractivity contribution in [1.29, 1.82) is 0 Å². The molecule has 8 nitrogen and oxygen atoms in total. The molecule has 10 heteroatoms. The first-order chi connectivity index (χ1) is 17.6. The summed E-state index contributed by atoms with van der Waals surface area (Å²) in [6.45, 7) is 8.06. The van der Waals surface area contributed by atoms with Crippen molar-refractivity contribution >= 4 is 46.6 Å². The van der Waals surface area contributed by atoms with Crippen LogP contribution >= 0.6 is 23.4 Å². The van der Waals surface area contributed by atoms with Gasteiger partial charge in [0.1, 0.15) is 12.4 Å². The Morgan fingerprint density at radius 1 is 1.14 bits per heavy atom. The third-order valence-electron chi connectivity index (χ3n) is 5.43. The van der Waals surface area contributed by atoms with Crippen LogP contribution in [0.5, 0.6) is 17.2 Å². The van der Waals surface area contributed by atoms with E-state index in [0.29, 0.717) is 5.56 Å². The molecule has 2 aromatic rings. The smallest absolute Gasteiger partial charge is 0.344 e. The number of ether oxygens (including phenoxy) is 4. The molecule has 0 radical (unpaired) electrons. The average Bonchev–Trinajstić information content (AvgIpc) is 3.10. The number of methoxy groups -OCH3 is 1. The highest BCUT2D eigenvalue weighted by Gasteiger charge is 2.35. The molecule has 37 heavy (non-hydrogen) atoms. The molecule has 0 bridgehead atoms. The van der Waals surface area contributed by atoms with Gasteiger partial charge < -0.3 is 18.9 Å². The number of imide groups is 1. The van der Waals surface area contributed by atoms with Crippen LogP contribution in [0, 0.1) is 6.92 Å². The predicted octanol–water partition coefficient (Wildman–Crippen LogP) is 5.84. The van der Waals surface area contributed by atoms with Gasteiger partial charge in [0.15, 0.2) is 18.1 Å². The maximum absolute atomic E-state index is 13.0. The second-order valence-electron chi connectivity index (χ2n) is 8.51. The van der Waals surface area contributed by atoms with Crippen LogP contribution in [0.3, 0.4) is 0 Å². The van der Waals surface area contributed by atoms with Gasteiger partial charge in [0.05, 0.1) is 30.2 Å². The van der Waals surface area contributed by atoms with E-state index in [1.54, 1.807) is 25.1 Å². The molecule has 1 aliphatic heterocycles. The van der Waals surface area contributed by atoms with Crippen molar-refractivity contribution in [2.45, 2.75) is 33.6 Å². The number of esters is 1. The lowest BCUT2D eigenvalue weighted by Crippen LogP contribution is -2.32. The molecule has 0 aromatic heterocycles. The van der Waals surface area contributed by atoms with E-state index >= 15 is 0 Å². The van der Waals surface area contributed by atoms with Crippen LogP contribution in [0.2, 0.25) is 5.02 Å². The number of halogens is 1. The number of nitrogens with zero attached hydrogens (tertiary/aromatic N) is 1. The van der Waals surface area contributed by atoms with Crippen LogP contribution in [0.15, 0.2) is 35.2 Å². The van der Waals surface area contributed by atoms with Crippen molar-refractivity contribution in [3.63, 3.8) is 0 Å². The third kappa shape index (κ3) is 7.20. The number of hydrogen-bond donors (Lipinski definition) is 0. The van der Waals surface area contributed by atoms with Crippen molar-refractivity contribution in [3.8, 4) is 17.2 Å². The van der Waals surface area contributed by atoms with E-state index < -0.39 is 11.9 Å². The summed E-state index contributed by atoms with van der Waals surface area (Å²) in [5.41, 5.74) is 2.67. The zero-order valence-electron chi connectivity index (χ0n) is 21.5. The van der Waals surface area contributed by atoms with Gasteiger partial charge >= 0.3 is 5.97 Å². The van der Waals surface area contributed by atoms with Gasteiger partial charge in [-0.1, -0.05) is 37.6 Å². The molecule has 0 saturated carbocycles. The normalized spacial score (nSPS) is 14.5. The summed E-state index contributed by atoms with van der Waals surface area (Å²) in [5, 5.41) is -0.192. The molecule has 1 fully saturated rings. The molecular formula is C27H30ClNO7S. The van der Waals surface area contributed by atoms with E-state index in [-0.39, 0.29) is 58.9 Å². The summed E-state index contributed by atoms with van der Waals surface area (Å²) in [6, 6.07) is 9.19. The minimum Gasteiger partial charge on any atom is -0.493 e. The van der Waals surface area contributed by atoms with Crippen LogP contribution < -0.4 is 14.2 Å². The molecule has 198 valence electrons. The first kappa shape index (κ1) is 28.4. The number of benzene rings is 2. The molecule has 1 heterocycles. The van der Waals surface area contributed by atoms with Gasteiger partial charge in [-0.15, -0.1) is 0 Å². The topological polar surface area (TPSA) is 91.4 Å². The van der Waals surface area contributed by atoms with Crippen molar-refractivity contribution in [2.75, 3.05) is 33.5 Å². The Morgan fingerprint density at radius 3 is 2.57 bits per heavy atom. The predicted molar refractivity (Wildman–Crippen MR) is 144 cm³/mol.